The summed E-state index contributed by atoms with van der Waals surface area (Å²) < 4.78 is 10.5. The summed E-state index contributed by atoms with van der Waals surface area (Å²) in [6, 6.07) is 16.6. The van der Waals surface area contributed by atoms with Gasteiger partial charge in [-0.3, -0.25) is 0 Å². The Morgan fingerprint density at radius 2 is 1.23 bits per heavy atom. The zero-order valence-corrected chi connectivity index (χ0v) is 13.7. The largest absolute Gasteiger partial charge is 0.497 e. The van der Waals surface area contributed by atoms with E-state index in [2.05, 4.69) is 36.2 Å². The van der Waals surface area contributed by atoms with Crippen LogP contribution in [0.4, 0.5) is 0 Å². The molecule has 0 spiro atoms. The number of ether oxygens (including phenoxy) is 2. The van der Waals surface area contributed by atoms with Crippen LogP contribution < -0.4 is 9.47 Å². The first-order valence-corrected chi connectivity index (χ1v) is 7.65. The van der Waals surface area contributed by atoms with Gasteiger partial charge in [0.2, 0.25) is 0 Å². The van der Waals surface area contributed by atoms with Crippen molar-refractivity contribution in [3.8, 4) is 11.5 Å². The lowest BCUT2D eigenvalue weighted by atomic mass is 10.1. The predicted molar refractivity (Wildman–Crippen MR) is 90.9 cm³/mol. The van der Waals surface area contributed by atoms with Crippen LogP contribution in [-0.2, 0) is 12.8 Å². The van der Waals surface area contributed by atoms with Gasteiger partial charge < -0.3 is 14.4 Å². The molecule has 2 aromatic rings. The predicted octanol–water partition coefficient (Wildman–Crippen LogP) is 3.42. The van der Waals surface area contributed by atoms with Crippen LogP contribution in [-0.4, -0.2) is 39.3 Å². The molecular weight excluding hydrogens is 274 g/mol. The van der Waals surface area contributed by atoms with Crippen LogP contribution in [0.1, 0.15) is 11.1 Å². The van der Waals surface area contributed by atoms with Crippen LogP contribution in [0, 0.1) is 0 Å². The van der Waals surface area contributed by atoms with Gasteiger partial charge in [0.1, 0.15) is 11.5 Å². The standard InChI is InChI=1S/C19H25NO2/c1-20(12-10-16-6-4-8-18(14-16)21-2)13-11-17-7-5-9-19(15-17)22-3/h4-9,14-15H,10-13H2,1-3H3. The smallest absolute Gasteiger partial charge is 0.119 e. The van der Waals surface area contributed by atoms with Crippen LogP contribution in [0.5, 0.6) is 11.5 Å². The molecule has 0 atom stereocenters. The summed E-state index contributed by atoms with van der Waals surface area (Å²) >= 11 is 0. The van der Waals surface area contributed by atoms with Crippen molar-refractivity contribution in [1.29, 1.82) is 0 Å². The van der Waals surface area contributed by atoms with Gasteiger partial charge >= 0.3 is 0 Å². The second-order valence-corrected chi connectivity index (χ2v) is 5.51. The minimum absolute atomic E-state index is 0.927. The van der Waals surface area contributed by atoms with E-state index in [1.165, 1.54) is 11.1 Å². The number of rotatable bonds is 8. The van der Waals surface area contributed by atoms with Crippen LogP contribution in [0.15, 0.2) is 48.5 Å². The molecule has 0 heterocycles. The Labute approximate surface area is 133 Å². The number of nitrogens with zero attached hydrogens (tertiary/aromatic N) is 1. The number of methoxy groups -OCH3 is 2. The Balaban J connectivity index is 1.78. The third kappa shape index (κ3) is 5.08. The summed E-state index contributed by atoms with van der Waals surface area (Å²) in [6.45, 7) is 2.08. The average Bonchev–Trinajstić information content (AvgIpc) is 2.58. The van der Waals surface area contributed by atoms with Gasteiger partial charge in [0.15, 0.2) is 0 Å². The number of likely N-dealkylation sites (N-methyl/N-ethyl adjacent to an activating group) is 1. The van der Waals surface area contributed by atoms with Crippen molar-refractivity contribution in [1.82, 2.24) is 4.90 Å². The van der Waals surface area contributed by atoms with Crippen LogP contribution in [0.25, 0.3) is 0 Å². The van der Waals surface area contributed by atoms with Crippen molar-refractivity contribution < 1.29 is 9.47 Å². The first-order chi connectivity index (χ1) is 10.7. The van der Waals surface area contributed by atoms with Crippen molar-refractivity contribution in [3.05, 3.63) is 59.7 Å². The van der Waals surface area contributed by atoms with Gasteiger partial charge in [-0.15, -0.1) is 0 Å². The molecule has 0 saturated carbocycles. The average molecular weight is 299 g/mol. The molecule has 0 aliphatic carbocycles. The van der Waals surface area contributed by atoms with Crippen LogP contribution in [0.3, 0.4) is 0 Å². The van der Waals surface area contributed by atoms with Gasteiger partial charge in [-0.05, 0) is 55.3 Å². The molecule has 0 N–H and O–H groups in total. The Morgan fingerprint density at radius 3 is 1.64 bits per heavy atom. The summed E-state index contributed by atoms with van der Waals surface area (Å²) in [4.78, 5) is 2.36. The van der Waals surface area contributed by atoms with Crippen molar-refractivity contribution >= 4 is 0 Å². The van der Waals surface area contributed by atoms with E-state index < -0.39 is 0 Å². The van der Waals surface area contributed by atoms with Crippen molar-refractivity contribution in [3.63, 3.8) is 0 Å². The molecular formula is C19H25NO2. The van der Waals surface area contributed by atoms with E-state index in [-0.39, 0.29) is 0 Å². The molecule has 3 heteroatoms. The minimum Gasteiger partial charge on any atom is -0.497 e. The molecule has 0 unspecified atom stereocenters. The Morgan fingerprint density at radius 1 is 0.773 bits per heavy atom. The zero-order valence-electron chi connectivity index (χ0n) is 13.7. The van der Waals surface area contributed by atoms with Crippen LogP contribution >= 0.6 is 0 Å². The van der Waals surface area contributed by atoms with Crippen molar-refractivity contribution in [2.24, 2.45) is 0 Å². The molecule has 3 nitrogen and oxygen atoms in total. The van der Waals surface area contributed by atoms with Gasteiger partial charge in [-0.25, -0.2) is 0 Å². The third-order valence-corrected chi connectivity index (χ3v) is 3.83. The highest BCUT2D eigenvalue weighted by Crippen LogP contribution is 2.14. The first kappa shape index (κ1) is 16.4. The molecule has 2 aromatic carbocycles. The molecule has 0 amide bonds. The highest BCUT2D eigenvalue weighted by atomic mass is 16.5. The lowest BCUT2D eigenvalue weighted by Gasteiger charge is -2.17. The van der Waals surface area contributed by atoms with E-state index in [4.69, 9.17) is 9.47 Å². The maximum Gasteiger partial charge on any atom is 0.119 e. The number of hydrogen-bond acceptors (Lipinski definition) is 3. The van der Waals surface area contributed by atoms with E-state index in [1.807, 2.05) is 24.3 Å². The van der Waals surface area contributed by atoms with E-state index in [0.29, 0.717) is 0 Å². The fourth-order valence-electron chi connectivity index (χ4n) is 2.41. The maximum absolute atomic E-state index is 5.26. The van der Waals surface area contributed by atoms with Crippen molar-refractivity contribution in [2.45, 2.75) is 12.8 Å². The summed E-state index contributed by atoms with van der Waals surface area (Å²) in [5, 5.41) is 0. The Hall–Kier alpha value is -2.00. The lowest BCUT2D eigenvalue weighted by Crippen LogP contribution is -2.23. The Kier molecular flexibility index (Phi) is 6.28. The van der Waals surface area contributed by atoms with Crippen molar-refractivity contribution in [2.75, 3.05) is 34.4 Å². The summed E-state index contributed by atoms with van der Waals surface area (Å²) in [6.07, 6.45) is 2.07. The first-order valence-electron chi connectivity index (χ1n) is 7.65. The van der Waals surface area contributed by atoms with E-state index in [1.54, 1.807) is 14.2 Å². The molecule has 0 aliphatic heterocycles. The molecule has 0 aromatic heterocycles. The van der Waals surface area contributed by atoms with E-state index in [0.717, 1.165) is 37.4 Å². The molecule has 0 bridgehead atoms. The molecule has 118 valence electrons. The molecule has 2 rings (SSSR count). The molecule has 22 heavy (non-hydrogen) atoms. The van der Waals surface area contributed by atoms with E-state index >= 15 is 0 Å². The number of hydrogen-bond donors (Lipinski definition) is 0. The quantitative estimate of drug-likeness (QED) is 0.745. The van der Waals surface area contributed by atoms with Gasteiger partial charge in [0, 0.05) is 13.1 Å². The second-order valence-electron chi connectivity index (χ2n) is 5.51. The Bertz CT molecular complexity index is 532. The SMILES string of the molecule is COc1cccc(CCN(C)CCc2cccc(OC)c2)c1. The number of benzene rings is 2. The molecule has 0 radical (unpaired) electrons. The summed E-state index contributed by atoms with van der Waals surface area (Å²) in [5.41, 5.74) is 2.63. The second kappa shape index (κ2) is 8.44. The summed E-state index contributed by atoms with van der Waals surface area (Å²) in [5.74, 6) is 1.85. The van der Waals surface area contributed by atoms with Gasteiger partial charge in [-0.1, -0.05) is 24.3 Å². The van der Waals surface area contributed by atoms with Gasteiger partial charge in [0.25, 0.3) is 0 Å². The highest BCUT2D eigenvalue weighted by Gasteiger charge is 2.02. The molecule has 0 aliphatic rings. The fraction of sp³-hybridized carbons (Fsp3) is 0.368. The van der Waals surface area contributed by atoms with Gasteiger partial charge in [0.05, 0.1) is 14.2 Å². The minimum atomic E-state index is 0.927. The monoisotopic (exact) mass is 299 g/mol. The fourth-order valence-corrected chi connectivity index (χ4v) is 2.41. The molecule has 0 saturated heterocycles. The topological polar surface area (TPSA) is 21.7 Å². The highest BCUT2D eigenvalue weighted by molar-refractivity contribution is 5.29. The maximum atomic E-state index is 5.26. The third-order valence-electron chi connectivity index (χ3n) is 3.83. The van der Waals surface area contributed by atoms with Crippen LogP contribution in [0.2, 0.25) is 0 Å². The summed E-state index contributed by atoms with van der Waals surface area (Å²) in [7, 11) is 5.58. The normalized spacial score (nSPS) is 10.7. The molecule has 0 fully saturated rings. The lowest BCUT2D eigenvalue weighted by molar-refractivity contribution is 0.342. The van der Waals surface area contributed by atoms with Gasteiger partial charge in [-0.2, -0.15) is 0 Å². The van der Waals surface area contributed by atoms with E-state index in [9.17, 15) is 0 Å². The zero-order chi connectivity index (χ0) is 15.8.